The molecule has 1 heterocycles. The number of phenolic OH excluding ortho intramolecular Hbond substituents is 1. The quantitative estimate of drug-likeness (QED) is 0.304. The van der Waals surface area contributed by atoms with E-state index < -0.39 is 34.1 Å². The summed E-state index contributed by atoms with van der Waals surface area (Å²) >= 11 is 5.80. The van der Waals surface area contributed by atoms with Crippen molar-refractivity contribution in [1.82, 2.24) is 10.7 Å². The molecule has 2 aromatic rings. The fraction of sp³-hybridized carbons (Fsp3) is 0.167. The van der Waals surface area contributed by atoms with E-state index in [1.165, 1.54) is 6.07 Å². The first-order valence-corrected chi connectivity index (χ1v) is 8.58. The van der Waals surface area contributed by atoms with Gasteiger partial charge in [0, 0.05) is 29.1 Å². The molecule has 3 rings (SSSR count). The number of amides is 2. The van der Waals surface area contributed by atoms with Crippen LogP contribution in [0.3, 0.4) is 0 Å². The van der Waals surface area contributed by atoms with E-state index in [0.717, 1.165) is 17.8 Å². The molecule has 1 aliphatic rings. The largest absolute Gasteiger partial charge is 0.502 e. The molecule has 0 bridgehead atoms. The summed E-state index contributed by atoms with van der Waals surface area (Å²) < 4.78 is 0. The Balaban J connectivity index is 1.76. The maximum atomic E-state index is 12.5. The van der Waals surface area contributed by atoms with Crippen molar-refractivity contribution in [3.63, 3.8) is 0 Å². The van der Waals surface area contributed by atoms with Crippen LogP contribution < -0.4 is 10.7 Å². The normalized spacial score (nSPS) is 18.8. The molecule has 9 nitrogen and oxygen atoms in total. The predicted octanol–water partition coefficient (Wildman–Crippen LogP) is 1.93. The van der Waals surface area contributed by atoms with E-state index in [1.54, 1.807) is 0 Å². The maximum Gasteiger partial charge on any atom is 0.312 e. The lowest BCUT2D eigenvalue weighted by Gasteiger charge is -2.15. The van der Waals surface area contributed by atoms with Crippen molar-refractivity contribution in [1.29, 1.82) is 0 Å². The molecule has 0 unspecified atom stereocenters. The Morgan fingerprint density at radius 3 is 2.75 bits per heavy atom. The third-order valence-corrected chi connectivity index (χ3v) is 4.57. The number of rotatable bonds is 5. The summed E-state index contributed by atoms with van der Waals surface area (Å²) in [5.74, 6) is -2.99. The van der Waals surface area contributed by atoms with Crippen LogP contribution >= 0.6 is 11.6 Å². The van der Waals surface area contributed by atoms with Gasteiger partial charge in [-0.05, 0) is 11.6 Å². The third-order valence-electron chi connectivity index (χ3n) is 4.35. The number of aromatic hydroxyl groups is 1. The van der Waals surface area contributed by atoms with Crippen molar-refractivity contribution in [2.24, 2.45) is 11.0 Å². The van der Waals surface area contributed by atoms with Gasteiger partial charge in [-0.1, -0.05) is 41.9 Å². The van der Waals surface area contributed by atoms with Crippen molar-refractivity contribution in [2.45, 2.75) is 5.92 Å². The van der Waals surface area contributed by atoms with Gasteiger partial charge in [-0.15, -0.1) is 0 Å². The first-order valence-electron chi connectivity index (χ1n) is 8.21. The maximum absolute atomic E-state index is 12.5. The van der Waals surface area contributed by atoms with E-state index in [2.05, 4.69) is 15.8 Å². The number of nitro groups is 1. The summed E-state index contributed by atoms with van der Waals surface area (Å²) in [6, 6.07) is 11.4. The molecule has 28 heavy (non-hydrogen) atoms. The van der Waals surface area contributed by atoms with Crippen LogP contribution in [-0.4, -0.2) is 34.6 Å². The van der Waals surface area contributed by atoms with Gasteiger partial charge in [-0.25, -0.2) is 5.43 Å². The number of nitrogens with one attached hydrogen (secondary N) is 2. The Morgan fingerprint density at radius 2 is 2.07 bits per heavy atom. The second-order valence-electron chi connectivity index (χ2n) is 6.09. The Labute approximate surface area is 164 Å². The average molecular weight is 403 g/mol. The number of carbonyl (C=O) groups is 2. The second kappa shape index (κ2) is 8.05. The highest BCUT2D eigenvalue weighted by atomic mass is 35.5. The van der Waals surface area contributed by atoms with Gasteiger partial charge in [0.1, 0.15) is 5.92 Å². The van der Waals surface area contributed by atoms with Crippen LogP contribution in [-0.2, 0) is 9.59 Å². The molecular weight excluding hydrogens is 388 g/mol. The molecule has 3 N–H and O–H groups in total. The lowest BCUT2D eigenvalue weighted by atomic mass is 9.88. The van der Waals surface area contributed by atoms with E-state index >= 15 is 0 Å². The van der Waals surface area contributed by atoms with Crippen molar-refractivity contribution >= 4 is 35.3 Å². The fourth-order valence-corrected chi connectivity index (χ4v) is 3.23. The van der Waals surface area contributed by atoms with E-state index in [0.29, 0.717) is 6.54 Å². The van der Waals surface area contributed by atoms with Crippen LogP contribution in [0.15, 0.2) is 47.6 Å². The van der Waals surface area contributed by atoms with Gasteiger partial charge < -0.3 is 10.4 Å². The van der Waals surface area contributed by atoms with E-state index in [9.17, 15) is 24.8 Å². The Hall–Kier alpha value is -3.46. The van der Waals surface area contributed by atoms with Crippen LogP contribution in [0.1, 0.15) is 17.0 Å². The summed E-state index contributed by atoms with van der Waals surface area (Å²) in [6.45, 7) is 0.325. The summed E-state index contributed by atoms with van der Waals surface area (Å²) in [5.41, 5.74) is 2.46. The fourth-order valence-electron chi connectivity index (χ4n) is 3.01. The van der Waals surface area contributed by atoms with Crippen LogP contribution in [0.5, 0.6) is 5.75 Å². The number of nitrogens with zero attached hydrogens (tertiary/aromatic N) is 2. The lowest BCUT2D eigenvalue weighted by Crippen LogP contribution is -2.34. The zero-order valence-corrected chi connectivity index (χ0v) is 15.1. The van der Waals surface area contributed by atoms with E-state index in [-0.39, 0.29) is 16.5 Å². The van der Waals surface area contributed by atoms with Crippen molar-refractivity contribution in [2.75, 3.05) is 6.54 Å². The molecule has 1 saturated heterocycles. The number of hydrogen-bond acceptors (Lipinski definition) is 6. The molecule has 0 saturated carbocycles. The summed E-state index contributed by atoms with van der Waals surface area (Å²) in [6.07, 6.45) is 1.02. The zero-order chi connectivity index (χ0) is 20.3. The molecular formula is C18H15ClN4O5. The molecule has 144 valence electrons. The van der Waals surface area contributed by atoms with Gasteiger partial charge in [-0.3, -0.25) is 19.7 Å². The number of phenols is 1. The topological polar surface area (TPSA) is 134 Å². The van der Waals surface area contributed by atoms with Gasteiger partial charge in [-0.2, -0.15) is 5.10 Å². The van der Waals surface area contributed by atoms with Crippen molar-refractivity contribution < 1.29 is 19.6 Å². The summed E-state index contributed by atoms with van der Waals surface area (Å²) in [5, 5.41) is 27.2. The highest BCUT2D eigenvalue weighted by molar-refractivity contribution is 6.31. The Kier molecular flexibility index (Phi) is 5.55. The molecule has 0 aromatic heterocycles. The molecule has 2 amide bonds. The minimum absolute atomic E-state index is 0.0246. The van der Waals surface area contributed by atoms with Crippen LogP contribution in [0.4, 0.5) is 5.69 Å². The molecule has 0 spiro atoms. The number of halogens is 1. The minimum Gasteiger partial charge on any atom is -0.502 e. The van der Waals surface area contributed by atoms with Gasteiger partial charge >= 0.3 is 5.69 Å². The van der Waals surface area contributed by atoms with Gasteiger partial charge in [0.25, 0.3) is 5.91 Å². The summed E-state index contributed by atoms with van der Waals surface area (Å²) in [7, 11) is 0. The zero-order valence-electron chi connectivity index (χ0n) is 14.3. The van der Waals surface area contributed by atoms with Crippen LogP contribution in [0.2, 0.25) is 5.02 Å². The molecule has 2 atom stereocenters. The van der Waals surface area contributed by atoms with Crippen LogP contribution in [0.25, 0.3) is 0 Å². The van der Waals surface area contributed by atoms with Gasteiger partial charge in [0.2, 0.25) is 11.7 Å². The van der Waals surface area contributed by atoms with Crippen molar-refractivity contribution in [3.05, 3.63) is 68.7 Å². The number of carbonyl (C=O) groups excluding carboxylic acids is 2. The average Bonchev–Trinajstić information content (AvgIpc) is 3.06. The highest BCUT2D eigenvalue weighted by Crippen LogP contribution is 2.32. The minimum atomic E-state index is -0.971. The van der Waals surface area contributed by atoms with E-state index in [4.69, 9.17) is 11.6 Å². The Morgan fingerprint density at radius 1 is 1.36 bits per heavy atom. The molecule has 0 aliphatic carbocycles. The number of hydrazone groups is 1. The predicted molar refractivity (Wildman–Crippen MR) is 101 cm³/mol. The molecule has 10 heteroatoms. The second-order valence-corrected chi connectivity index (χ2v) is 6.53. The highest BCUT2D eigenvalue weighted by Gasteiger charge is 2.40. The van der Waals surface area contributed by atoms with Crippen LogP contribution in [0, 0.1) is 16.0 Å². The van der Waals surface area contributed by atoms with Crippen molar-refractivity contribution in [3.8, 4) is 5.75 Å². The summed E-state index contributed by atoms with van der Waals surface area (Å²) in [4.78, 5) is 34.7. The van der Waals surface area contributed by atoms with E-state index in [1.807, 2.05) is 30.3 Å². The molecule has 1 aliphatic heterocycles. The molecule has 2 aromatic carbocycles. The third kappa shape index (κ3) is 3.94. The molecule has 1 fully saturated rings. The SMILES string of the molecule is O=C1NC[C@@H](c2ccccc2)[C@H]1C(=O)NN=Cc1cc(Cl)cc([N+](=O)[O-])c1O. The van der Waals surface area contributed by atoms with Gasteiger partial charge in [0.05, 0.1) is 11.1 Å². The monoisotopic (exact) mass is 402 g/mol. The number of benzene rings is 2. The van der Waals surface area contributed by atoms with Gasteiger partial charge in [0.15, 0.2) is 0 Å². The number of nitro benzene ring substituents is 1. The lowest BCUT2D eigenvalue weighted by molar-refractivity contribution is -0.385. The first-order chi connectivity index (χ1) is 13.4. The molecule has 0 radical (unpaired) electrons. The number of hydrogen-bond donors (Lipinski definition) is 3. The Bertz CT molecular complexity index is 964. The first kappa shape index (κ1) is 19.3. The standard InChI is InChI=1S/C18H15ClN4O5/c19-12-6-11(16(24)14(7-12)23(27)28)8-21-22-18(26)15-13(9-20-17(15)25)10-4-2-1-3-5-10/h1-8,13,15,24H,9H2,(H,20,25)(H,22,26)/t13-,15+/m0/s1. The smallest absolute Gasteiger partial charge is 0.312 e.